The van der Waals surface area contributed by atoms with Gasteiger partial charge in [-0.05, 0) is 18.6 Å². The third-order valence-electron chi connectivity index (χ3n) is 2.56. The Hall–Kier alpha value is -2.05. The van der Waals surface area contributed by atoms with Crippen LogP contribution < -0.4 is 10.6 Å². The van der Waals surface area contributed by atoms with Gasteiger partial charge in [-0.2, -0.15) is 0 Å². The number of carbonyl (C=O) groups is 2. The lowest BCUT2D eigenvalue weighted by Crippen LogP contribution is -2.36. The van der Waals surface area contributed by atoms with E-state index in [9.17, 15) is 22.8 Å². The van der Waals surface area contributed by atoms with Crippen LogP contribution in [0.25, 0.3) is 0 Å². The molecule has 0 radical (unpaired) electrons. The molecule has 1 aromatic carbocycles. The molecule has 110 valence electrons. The van der Waals surface area contributed by atoms with Gasteiger partial charge in [-0.25, -0.2) is 13.2 Å². The normalized spacial score (nSPS) is 10.2. The average Bonchev–Trinajstić information content (AvgIpc) is 2.44. The van der Waals surface area contributed by atoms with Gasteiger partial charge in [-0.1, -0.05) is 19.8 Å². The molecule has 0 atom stereocenters. The Morgan fingerprint density at radius 3 is 2.40 bits per heavy atom. The molecule has 0 bridgehead atoms. The van der Waals surface area contributed by atoms with Crippen molar-refractivity contribution in [2.75, 3.05) is 11.9 Å². The van der Waals surface area contributed by atoms with Gasteiger partial charge >= 0.3 is 11.8 Å². The maximum atomic E-state index is 13.3. The fourth-order valence-corrected chi connectivity index (χ4v) is 1.46. The Morgan fingerprint density at radius 1 is 1.05 bits per heavy atom. The van der Waals surface area contributed by atoms with Gasteiger partial charge in [0.15, 0.2) is 17.5 Å². The quantitative estimate of drug-likeness (QED) is 0.496. The van der Waals surface area contributed by atoms with E-state index in [0.717, 1.165) is 25.3 Å². The Kier molecular flexibility index (Phi) is 6.02. The monoisotopic (exact) mass is 288 g/mol. The molecule has 0 saturated heterocycles. The fraction of sp³-hybridized carbons (Fsp3) is 0.385. The molecule has 20 heavy (non-hydrogen) atoms. The molecule has 0 heterocycles. The molecule has 0 saturated carbocycles. The molecule has 2 N–H and O–H groups in total. The van der Waals surface area contributed by atoms with E-state index in [1.165, 1.54) is 0 Å². The highest BCUT2D eigenvalue weighted by molar-refractivity contribution is 6.39. The average molecular weight is 288 g/mol. The number of carbonyl (C=O) groups excluding carboxylic acids is 2. The van der Waals surface area contributed by atoms with E-state index < -0.39 is 35.0 Å². The Bertz CT molecular complexity index is 507. The van der Waals surface area contributed by atoms with E-state index in [-0.39, 0.29) is 0 Å². The zero-order valence-corrected chi connectivity index (χ0v) is 10.9. The fourth-order valence-electron chi connectivity index (χ4n) is 1.46. The first-order valence-corrected chi connectivity index (χ1v) is 6.20. The van der Waals surface area contributed by atoms with Crippen LogP contribution in [0, 0.1) is 17.5 Å². The lowest BCUT2D eigenvalue weighted by atomic mass is 10.2. The van der Waals surface area contributed by atoms with Gasteiger partial charge in [-0.15, -0.1) is 0 Å². The number of anilines is 1. The molecule has 0 aliphatic heterocycles. The highest BCUT2D eigenvalue weighted by Gasteiger charge is 2.18. The van der Waals surface area contributed by atoms with Crippen molar-refractivity contribution in [2.45, 2.75) is 26.2 Å². The number of amides is 2. The van der Waals surface area contributed by atoms with E-state index >= 15 is 0 Å². The molecule has 7 heteroatoms. The Labute approximate surface area is 114 Å². The number of hydrogen-bond donors (Lipinski definition) is 2. The summed E-state index contributed by atoms with van der Waals surface area (Å²) in [6, 6.07) is 1.50. The molecule has 0 aromatic heterocycles. The summed E-state index contributed by atoms with van der Waals surface area (Å²) in [4.78, 5) is 22.8. The number of halogens is 3. The molecular formula is C13H15F3N2O2. The summed E-state index contributed by atoms with van der Waals surface area (Å²) in [5.74, 6) is -6.70. The summed E-state index contributed by atoms with van der Waals surface area (Å²) in [5.41, 5.74) is -0.586. The van der Waals surface area contributed by atoms with E-state index in [4.69, 9.17) is 0 Å². The first kappa shape index (κ1) is 16.0. The van der Waals surface area contributed by atoms with Gasteiger partial charge in [0.2, 0.25) is 0 Å². The standard InChI is InChI=1S/C13H15F3N2O2/c1-2-3-4-7-17-12(19)13(20)18-9-6-5-8(14)10(15)11(9)16/h5-6H,2-4,7H2,1H3,(H,17,19)(H,18,20). The van der Waals surface area contributed by atoms with Crippen LogP contribution >= 0.6 is 0 Å². The lowest BCUT2D eigenvalue weighted by Gasteiger charge is -2.07. The molecule has 0 aliphatic carbocycles. The second-order valence-electron chi connectivity index (χ2n) is 4.14. The molecular weight excluding hydrogens is 273 g/mol. The number of unbranched alkanes of at least 4 members (excludes halogenated alkanes) is 2. The van der Waals surface area contributed by atoms with Crippen LogP contribution in [0.1, 0.15) is 26.2 Å². The number of hydrogen-bond acceptors (Lipinski definition) is 2. The minimum Gasteiger partial charge on any atom is -0.348 e. The van der Waals surface area contributed by atoms with Crippen LogP contribution in [-0.4, -0.2) is 18.4 Å². The van der Waals surface area contributed by atoms with Crippen LogP contribution in [0.4, 0.5) is 18.9 Å². The Balaban J connectivity index is 2.58. The van der Waals surface area contributed by atoms with Crippen LogP contribution in [0.15, 0.2) is 12.1 Å². The largest absolute Gasteiger partial charge is 0.348 e. The maximum Gasteiger partial charge on any atom is 0.313 e. The summed E-state index contributed by atoms with van der Waals surface area (Å²) in [6.07, 6.45) is 2.58. The number of nitrogens with one attached hydrogen (secondary N) is 2. The van der Waals surface area contributed by atoms with Crippen molar-refractivity contribution < 1.29 is 22.8 Å². The van der Waals surface area contributed by atoms with Gasteiger partial charge in [-0.3, -0.25) is 9.59 Å². The van der Waals surface area contributed by atoms with E-state index in [1.54, 1.807) is 0 Å². The zero-order chi connectivity index (χ0) is 15.1. The maximum absolute atomic E-state index is 13.3. The van der Waals surface area contributed by atoms with Crippen molar-refractivity contribution >= 4 is 17.5 Å². The van der Waals surface area contributed by atoms with Crippen LogP contribution in [-0.2, 0) is 9.59 Å². The minimum atomic E-state index is -1.70. The van der Waals surface area contributed by atoms with Gasteiger partial charge in [0, 0.05) is 6.54 Å². The summed E-state index contributed by atoms with van der Waals surface area (Å²) in [6.45, 7) is 2.31. The topological polar surface area (TPSA) is 58.2 Å². The van der Waals surface area contributed by atoms with Crippen LogP contribution in [0.3, 0.4) is 0 Å². The van der Waals surface area contributed by atoms with Crippen molar-refractivity contribution in [3.8, 4) is 0 Å². The van der Waals surface area contributed by atoms with E-state index in [0.29, 0.717) is 12.6 Å². The molecule has 1 rings (SSSR count). The second-order valence-corrected chi connectivity index (χ2v) is 4.14. The van der Waals surface area contributed by atoms with Gasteiger partial charge in [0.25, 0.3) is 0 Å². The molecule has 1 aromatic rings. The van der Waals surface area contributed by atoms with Crippen LogP contribution in [0.5, 0.6) is 0 Å². The molecule has 0 aliphatic rings. The van der Waals surface area contributed by atoms with Crippen molar-refractivity contribution in [3.63, 3.8) is 0 Å². The summed E-state index contributed by atoms with van der Waals surface area (Å²) < 4.78 is 38.9. The third kappa shape index (κ3) is 4.25. The lowest BCUT2D eigenvalue weighted by molar-refractivity contribution is -0.136. The van der Waals surface area contributed by atoms with Gasteiger partial charge < -0.3 is 10.6 Å². The smallest absolute Gasteiger partial charge is 0.313 e. The highest BCUT2D eigenvalue weighted by atomic mass is 19.2. The van der Waals surface area contributed by atoms with Crippen LogP contribution in [0.2, 0.25) is 0 Å². The zero-order valence-electron chi connectivity index (χ0n) is 10.9. The SMILES string of the molecule is CCCCCNC(=O)C(=O)Nc1ccc(F)c(F)c1F. The van der Waals surface area contributed by atoms with E-state index in [1.807, 2.05) is 12.2 Å². The third-order valence-corrected chi connectivity index (χ3v) is 2.56. The number of rotatable bonds is 5. The van der Waals surface area contributed by atoms with Crippen molar-refractivity contribution in [2.24, 2.45) is 0 Å². The predicted molar refractivity (Wildman–Crippen MR) is 67.5 cm³/mol. The predicted octanol–water partition coefficient (Wildman–Crippen LogP) is 2.35. The van der Waals surface area contributed by atoms with Gasteiger partial charge in [0.1, 0.15) is 0 Å². The molecule has 4 nitrogen and oxygen atoms in total. The minimum absolute atomic E-state index is 0.320. The van der Waals surface area contributed by atoms with Gasteiger partial charge in [0.05, 0.1) is 5.69 Å². The first-order chi connectivity index (χ1) is 9.47. The van der Waals surface area contributed by atoms with Crippen molar-refractivity contribution in [1.82, 2.24) is 5.32 Å². The molecule has 0 spiro atoms. The Morgan fingerprint density at radius 2 is 1.75 bits per heavy atom. The second kappa shape index (κ2) is 7.52. The summed E-state index contributed by atoms with van der Waals surface area (Å²) in [7, 11) is 0. The van der Waals surface area contributed by atoms with Crippen molar-refractivity contribution in [1.29, 1.82) is 0 Å². The number of benzene rings is 1. The molecule has 0 fully saturated rings. The van der Waals surface area contributed by atoms with E-state index in [2.05, 4.69) is 5.32 Å². The molecule has 2 amide bonds. The summed E-state index contributed by atoms with van der Waals surface area (Å²) >= 11 is 0. The molecule has 0 unspecified atom stereocenters. The summed E-state index contributed by atoms with van der Waals surface area (Å²) in [5, 5.41) is 4.23. The first-order valence-electron chi connectivity index (χ1n) is 6.20. The highest BCUT2D eigenvalue weighted by Crippen LogP contribution is 2.19. The van der Waals surface area contributed by atoms with Crippen molar-refractivity contribution in [3.05, 3.63) is 29.6 Å².